The van der Waals surface area contributed by atoms with Crippen LogP contribution in [0.3, 0.4) is 0 Å². The lowest BCUT2D eigenvalue weighted by Gasteiger charge is -2.41. The fraction of sp³-hybridized carbons (Fsp3) is 0.667. The first-order valence-electron chi connectivity index (χ1n) is 8.36. The number of halogens is 2. The molecule has 1 aliphatic carbocycles. The van der Waals surface area contributed by atoms with Gasteiger partial charge in [-0.1, -0.05) is 49.1 Å². The third kappa shape index (κ3) is 4.86. The van der Waals surface area contributed by atoms with Crippen LogP contribution in [0.5, 0.6) is 0 Å². The molecule has 0 spiro atoms. The van der Waals surface area contributed by atoms with E-state index in [9.17, 15) is 0 Å². The molecule has 0 bridgehead atoms. The van der Waals surface area contributed by atoms with Gasteiger partial charge in [0, 0.05) is 32.2 Å². The van der Waals surface area contributed by atoms with Crippen molar-refractivity contribution in [2.45, 2.75) is 45.1 Å². The molecular weight excluding hydrogens is 315 g/mol. The van der Waals surface area contributed by atoms with Gasteiger partial charge in [0.2, 0.25) is 0 Å². The first-order chi connectivity index (χ1) is 9.84. The summed E-state index contributed by atoms with van der Waals surface area (Å²) in [6.45, 7) is 6.92. The van der Waals surface area contributed by atoms with E-state index in [1.807, 2.05) is 0 Å². The van der Waals surface area contributed by atoms with Crippen molar-refractivity contribution in [1.29, 1.82) is 0 Å². The SMILES string of the molecule is Cc1cccc([C@H](C2CCCCC2)N2CCNCC2)c1.Cl.Cl. The molecule has 0 unspecified atom stereocenters. The van der Waals surface area contributed by atoms with Gasteiger partial charge in [0.05, 0.1) is 0 Å². The molecule has 1 aromatic carbocycles. The van der Waals surface area contributed by atoms with Crippen LogP contribution in [0.15, 0.2) is 24.3 Å². The Kier molecular flexibility index (Phi) is 8.78. The number of nitrogens with zero attached hydrogens (tertiary/aromatic N) is 1. The number of benzene rings is 1. The van der Waals surface area contributed by atoms with Gasteiger partial charge >= 0.3 is 0 Å². The van der Waals surface area contributed by atoms with Gasteiger partial charge in [-0.2, -0.15) is 0 Å². The highest BCUT2D eigenvalue weighted by Crippen LogP contribution is 2.38. The lowest BCUT2D eigenvalue weighted by atomic mass is 9.80. The summed E-state index contributed by atoms with van der Waals surface area (Å²) in [5.41, 5.74) is 2.96. The number of hydrogen-bond donors (Lipinski definition) is 1. The number of nitrogens with one attached hydrogen (secondary N) is 1. The fourth-order valence-electron chi connectivity index (χ4n) is 4.05. The van der Waals surface area contributed by atoms with Crippen molar-refractivity contribution in [3.05, 3.63) is 35.4 Å². The van der Waals surface area contributed by atoms with Gasteiger partial charge < -0.3 is 5.32 Å². The van der Waals surface area contributed by atoms with Gasteiger partial charge in [-0.05, 0) is 31.2 Å². The van der Waals surface area contributed by atoms with Crippen LogP contribution in [0, 0.1) is 12.8 Å². The Labute approximate surface area is 147 Å². The number of piperazine rings is 1. The molecule has 0 amide bonds. The normalized spacial score (nSPS) is 21.5. The number of hydrogen-bond acceptors (Lipinski definition) is 2. The molecule has 0 radical (unpaired) electrons. The highest BCUT2D eigenvalue weighted by Gasteiger charge is 2.30. The van der Waals surface area contributed by atoms with E-state index in [1.165, 1.54) is 50.8 Å². The summed E-state index contributed by atoms with van der Waals surface area (Å²) in [6.07, 6.45) is 7.14. The predicted molar refractivity (Wildman–Crippen MR) is 99.4 cm³/mol. The molecule has 0 aromatic heterocycles. The van der Waals surface area contributed by atoms with Crippen LogP contribution in [-0.4, -0.2) is 31.1 Å². The lowest BCUT2D eigenvalue weighted by Crippen LogP contribution is -2.47. The van der Waals surface area contributed by atoms with Crippen molar-refractivity contribution in [1.82, 2.24) is 10.2 Å². The number of rotatable bonds is 3. The molecular formula is C18H30Cl2N2. The van der Waals surface area contributed by atoms with Crippen molar-refractivity contribution in [2.24, 2.45) is 5.92 Å². The summed E-state index contributed by atoms with van der Waals surface area (Å²) in [6, 6.07) is 9.88. The van der Waals surface area contributed by atoms with Crippen molar-refractivity contribution >= 4 is 24.8 Å². The molecule has 4 heteroatoms. The van der Waals surface area contributed by atoms with Crippen molar-refractivity contribution in [3.63, 3.8) is 0 Å². The van der Waals surface area contributed by atoms with Crippen LogP contribution in [0.25, 0.3) is 0 Å². The highest BCUT2D eigenvalue weighted by atomic mass is 35.5. The van der Waals surface area contributed by atoms with Gasteiger partial charge in [0.15, 0.2) is 0 Å². The molecule has 2 fully saturated rings. The van der Waals surface area contributed by atoms with Crippen LogP contribution < -0.4 is 5.32 Å². The van der Waals surface area contributed by atoms with Crippen LogP contribution in [0.1, 0.15) is 49.3 Å². The fourth-order valence-corrected chi connectivity index (χ4v) is 4.05. The predicted octanol–water partition coefficient (Wildman–Crippen LogP) is 4.37. The summed E-state index contributed by atoms with van der Waals surface area (Å²) in [7, 11) is 0. The third-order valence-corrected chi connectivity index (χ3v) is 5.02. The Hall–Kier alpha value is -0.280. The zero-order valence-corrected chi connectivity index (χ0v) is 15.2. The smallest absolute Gasteiger partial charge is 0.0377 e. The lowest BCUT2D eigenvalue weighted by molar-refractivity contribution is 0.103. The molecule has 1 saturated carbocycles. The van der Waals surface area contributed by atoms with Gasteiger partial charge in [0.25, 0.3) is 0 Å². The quantitative estimate of drug-likeness (QED) is 0.875. The molecule has 2 nitrogen and oxygen atoms in total. The molecule has 126 valence electrons. The molecule has 1 N–H and O–H groups in total. The van der Waals surface area contributed by atoms with E-state index in [0.29, 0.717) is 6.04 Å². The molecule has 1 saturated heterocycles. The van der Waals surface area contributed by atoms with Crippen molar-refractivity contribution in [3.8, 4) is 0 Å². The van der Waals surface area contributed by atoms with Crippen LogP contribution in [-0.2, 0) is 0 Å². The maximum absolute atomic E-state index is 3.49. The third-order valence-electron chi connectivity index (χ3n) is 5.02. The summed E-state index contributed by atoms with van der Waals surface area (Å²) in [5.74, 6) is 0.864. The van der Waals surface area contributed by atoms with Crippen molar-refractivity contribution in [2.75, 3.05) is 26.2 Å². The van der Waals surface area contributed by atoms with E-state index in [4.69, 9.17) is 0 Å². The Morgan fingerprint density at radius 2 is 1.73 bits per heavy atom. The summed E-state index contributed by atoms with van der Waals surface area (Å²) >= 11 is 0. The first-order valence-corrected chi connectivity index (χ1v) is 8.36. The van der Waals surface area contributed by atoms with E-state index < -0.39 is 0 Å². The summed E-state index contributed by atoms with van der Waals surface area (Å²) < 4.78 is 0. The maximum atomic E-state index is 3.49. The van der Waals surface area contributed by atoms with Crippen molar-refractivity contribution < 1.29 is 0 Å². The van der Waals surface area contributed by atoms with Gasteiger partial charge in [-0.25, -0.2) is 0 Å². The number of aryl methyl sites for hydroxylation is 1. The Morgan fingerprint density at radius 3 is 2.36 bits per heavy atom. The monoisotopic (exact) mass is 344 g/mol. The molecule has 3 rings (SSSR count). The molecule has 1 aromatic rings. The van der Waals surface area contributed by atoms with Gasteiger partial charge in [-0.15, -0.1) is 24.8 Å². The van der Waals surface area contributed by atoms with E-state index in [-0.39, 0.29) is 24.8 Å². The highest BCUT2D eigenvalue weighted by molar-refractivity contribution is 5.85. The van der Waals surface area contributed by atoms with E-state index >= 15 is 0 Å². The zero-order valence-electron chi connectivity index (χ0n) is 13.6. The maximum Gasteiger partial charge on any atom is 0.0377 e. The topological polar surface area (TPSA) is 15.3 Å². The Balaban J connectivity index is 0.00000121. The molecule has 1 heterocycles. The van der Waals surface area contributed by atoms with E-state index in [2.05, 4.69) is 41.4 Å². The van der Waals surface area contributed by atoms with Crippen LogP contribution >= 0.6 is 24.8 Å². The Morgan fingerprint density at radius 1 is 1.05 bits per heavy atom. The van der Waals surface area contributed by atoms with Crippen LogP contribution in [0.2, 0.25) is 0 Å². The zero-order chi connectivity index (χ0) is 13.8. The average molecular weight is 345 g/mol. The largest absolute Gasteiger partial charge is 0.314 e. The second kappa shape index (κ2) is 9.77. The second-order valence-electron chi connectivity index (χ2n) is 6.54. The second-order valence-corrected chi connectivity index (χ2v) is 6.54. The van der Waals surface area contributed by atoms with E-state index in [1.54, 1.807) is 5.56 Å². The molecule has 22 heavy (non-hydrogen) atoms. The summed E-state index contributed by atoms with van der Waals surface area (Å²) in [4.78, 5) is 2.74. The van der Waals surface area contributed by atoms with Gasteiger partial charge in [0.1, 0.15) is 0 Å². The molecule has 2 aliphatic rings. The summed E-state index contributed by atoms with van der Waals surface area (Å²) in [5, 5.41) is 3.49. The van der Waals surface area contributed by atoms with Crippen LogP contribution in [0.4, 0.5) is 0 Å². The average Bonchev–Trinajstić information content (AvgIpc) is 2.50. The minimum absolute atomic E-state index is 0. The minimum Gasteiger partial charge on any atom is -0.314 e. The standard InChI is InChI=1S/C18H28N2.2ClH/c1-15-6-5-9-17(14-15)18(16-7-3-2-4-8-16)20-12-10-19-11-13-20;;/h5-6,9,14,16,18-19H,2-4,7-8,10-13H2,1H3;2*1H/t18-;;/m0../s1. The van der Waals surface area contributed by atoms with E-state index in [0.717, 1.165) is 19.0 Å². The minimum atomic E-state index is 0. The Bertz CT molecular complexity index is 409. The molecule has 1 atom stereocenters. The van der Waals surface area contributed by atoms with Gasteiger partial charge in [-0.3, -0.25) is 4.90 Å². The molecule has 1 aliphatic heterocycles. The first kappa shape index (κ1) is 19.8.